The summed E-state index contributed by atoms with van der Waals surface area (Å²) in [4.78, 5) is 14.6. The van der Waals surface area contributed by atoms with Gasteiger partial charge < -0.3 is 15.3 Å². The molecule has 4 nitrogen and oxygen atoms in total. The molecule has 0 spiro atoms. The van der Waals surface area contributed by atoms with Gasteiger partial charge in [0, 0.05) is 37.5 Å². The van der Waals surface area contributed by atoms with E-state index >= 15 is 0 Å². The molecule has 1 aliphatic rings. The molecule has 128 valence electrons. The predicted molar refractivity (Wildman–Crippen MR) is 94.9 cm³/mol. The average Bonchev–Trinajstić information content (AvgIpc) is 2.55. The van der Waals surface area contributed by atoms with E-state index in [-0.39, 0.29) is 12.5 Å². The molecular weight excluding hydrogens is 288 g/mol. The van der Waals surface area contributed by atoms with E-state index in [0.717, 1.165) is 62.1 Å². The van der Waals surface area contributed by atoms with Crippen molar-refractivity contribution in [3.63, 3.8) is 0 Å². The zero-order valence-electron chi connectivity index (χ0n) is 14.5. The second-order valence-electron chi connectivity index (χ2n) is 6.74. The second kappa shape index (κ2) is 8.92. The van der Waals surface area contributed by atoms with Crippen LogP contribution in [-0.2, 0) is 0 Å². The SMILES string of the molecule is Cc1cc(C(=O)N2CCCC(C)C2)ccc1NCCCCCO. The maximum absolute atomic E-state index is 12.6. The van der Waals surface area contributed by atoms with Crippen LogP contribution in [0.1, 0.15) is 54.9 Å². The molecular formula is C19H30N2O2. The van der Waals surface area contributed by atoms with Crippen LogP contribution in [0.15, 0.2) is 18.2 Å². The van der Waals surface area contributed by atoms with E-state index in [1.54, 1.807) is 0 Å². The van der Waals surface area contributed by atoms with E-state index in [4.69, 9.17) is 5.11 Å². The van der Waals surface area contributed by atoms with E-state index in [9.17, 15) is 4.79 Å². The van der Waals surface area contributed by atoms with Crippen LogP contribution in [0.25, 0.3) is 0 Å². The first-order valence-corrected chi connectivity index (χ1v) is 8.86. The van der Waals surface area contributed by atoms with Gasteiger partial charge in [0.2, 0.25) is 0 Å². The molecule has 1 saturated heterocycles. The Kier molecular flexibility index (Phi) is 6.90. The number of amides is 1. The van der Waals surface area contributed by atoms with Gasteiger partial charge in [0.1, 0.15) is 0 Å². The summed E-state index contributed by atoms with van der Waals surface area (Å²) in [6.07, 6.45) is 5.28. The highest BCUT2D eigenvalue weighted by atomic mass is 16.2. The number of nitrogens with one attached hydrogen (secondary N) is 1. The summed E-state index contributed by atoms with van der Waals surface area (Å²) >= 11 is 0. The summed E-state index contributed by atoms with van der Waals surface area (Å²) in [7, 11) is 0. The number of anilines is 1. The van der Waals surface area contributed by atoms with Gasteiger partial charge in [-0.3, -0.25) is 4.79 Å². The molecule has 0 saturated carbocycles. The van der Waals surface area contributed by atoms with E-state index in [1.165, 1.54) is 6.42 Å². The van der Waals surface area contributed by atoms with Crippen LogP contribution in [0.4, 0.5) is 5.69 Å². The Bertz CT molecular complexity index is 516. The van der Waals surface area contributed by atoms with Crippen LogP contribution in [0.3, 0.4) is 0 Å². The van der Waals surface area contributed by atoms with Crippen LogP contribution in [-0.4, -0.2) is 42.2 Å². The van der Waals surface area contributed by atoms with Gasteiger partial charge in [-0.05, 0) is 68.7 Å². The molecule has 2 N–H and O–H groups in total. The number of hydrogen-bond acceptors (Lipinski definition) is 3. The van der Waals surface area contributed by atoms with E-state index in [1.807, 2.05) is 30.0 Å². The topological polar surface area (TPSA) is 52.6 Å². The molecule has 23 heavy (non-hydrogen) atoms. The minimum Gasteiger partial charge on any atom is -0.396 e. The Morgan fingerprint density at radius 2 is 2.17 bits per heavy atom. The van der Waals surface area contributed by atoms with Crippen molar-refractivity contribution in [2.45, 2.75) is 46.0 Å². The Labute approximate surface area is 139 Å². The summed E-state index contributed by atoms with van der Waals surface area (Å²) in [5.41, 5.74) is 3.00. The van der Waals surface area contributed by atoms with Gasteiger partial charge in [-0.1, -0.05) is 6.92 Å². The number of aliphatic hydroxyl groups excluding tert-OH is 1. The monoisotopic (exact) mass is 318 g/mol. The van der Waals surface area contributed by atoms with Crippen molar-refractivity contribution in [3.05, 3.63) is 29.3 Å². The quantitative estimate of drug-likeness (QED) is 0.757. The molecule has 0 aliphatic carbocycles. The van der Waals surface area contributed by atoms with Crippen molar-refractivity contribution in [2.75, 3.05) is 31.6 Å². The number of aliphatic hydroxyl groups is 1. The lowest BCUT2D eigenvalue weighted by molar-refractivity contribution is 0.0683. The van der Waals surface area contributed by atoms with Gasteiger partial charge in [0.05, 0.1) is 0 Å². The zero-order valence-corrected chi connectivity index (χ0v) is 14.5. The first-order chi connectivity index (χ1) is 11.1. The number of piperidine rings is 1. The Hall–Kier alpha value is -1.55. The molecule has 1 aromatic carbocycles. The van der Waals surface area contributed by atoms with Crippen molar-refractivity contribution in [1.29, 1.82) is 0 Å². The molecule has 0 aromatic heterocycles. The van der Waals surface area contributed by atoms with Crippen LogP contribution in [0.5, 0.6) is 0 Å². The van der Waals surface area contributed by atoms with Crippen LogP contribution < -0.4 is 5.32 Å². The maximum atomic E-state index is 12.6. The lowest BCUT2D eigenvalue weighted by atomic mass is 9.99. The number of carbonyl (C=O) groups is 1. The molecule has 0 bridgehead atoms. The summed E-state index contributed by atoms with van der Waals surface area (Å²) in [6, 6.07) is 5.95. The van der Waals surface area contributed by atoms with Crippen LogP contribution in [0.2, 0.25) is 0 Å². The van der Waals surface area contributed by atoms with Crippen molar-refractivity contribution in [1.82, 2.24) is 4.90 Å². The highest BCUT2D eigenvalue weighted by Crippen LogP contribution is 2.21. The molecule has 1 fully saturated rings. The lowest BCUT2D eigenvalue weighted by Crippen LogP contribution is -2.39. The van der Waals surface area contributed by atoms with Gasteiger partial charge in [0.25, 0.3) is 5.91 Å². The van der Waals surface area contributed by atoms with Gasteiger partial charge in [-0.15, -0.1) is 0 Å². The summed E-state index contributed by atoms with van der Waals surface area (Å²) < 4.78 is 0. The predicted octanol–water partition coefficient (Wildman–Crippen LogP) is 3.44. The number of rotatable bonds is 7. The van der Waals surface area contributed by atoms with Gasteiger partial charge in [-0.25, -0.2) is 0 Å². The Morgan fingerprint density at radius 3 is 2.87 bits per heavy atom. The second-order valence-corrected chi connectivity index (χ2v) is 6.74. The molecule has 2 rings (SSSR count). The third-order valence-electron chi connectivity index (χ3n) is 4.57. The molecule has 1 aliphatic heterocycles. The smallest absolute Gasteiger partial charge is 0.253 e. The normalized spacial score (nSPS) is 18.0. The number of unbranched alkanes of at least 4 members (excludes halogenated alkanes) is 2. The third-order valence-corrected chi connectivity index (χ3v) is 4.57. The highest BCUT2D eigenvalue weighted by molar-refractivity contribution is 5.95. The largest absolute Gasteiger partial charge is 0.396 e. The summed E-state index contributed by atoms with van der Waals surface area (Å²) in [5, 5.41) is 12.2. The van der Waals surface area contributed by atoms with E-state index in [2.05, 4.69) is 12.2 Å². The van der Waals surface area contributed by atoms with Crippen LogP contribution >= 0.6 is 0 Å². The fourth-order valence-electron chi connectivity index (χ4n) is 3.19. The molecule has 1 amide bonds. The number of nitrogens with zero attached hydrogens (tertiary/aromatic N) is 1. The number of hydrogen-bond donors (Lipinski definition) is 2. The molecule has 0 radical (unpaired) electrons. The number of aryl methyl sites for hydroxylation is 1. The summed E-state index contributed by atoms with van der Waals surface area (Å²) in [6.45, 7) is 7.19. The van der Waals surface area contributed by atoms with Gasteiger partial charge >= 0.3 is 0 Å². The maximum Gasteiger partial charge on any atom is 0.253 e. The average molecular weight is 318 g/mol. The van der Waals surface area contributed by atoms with E-state index in [0.29, 0.717) is 5.92 Å². The zero-order chi connectivity index (χ0) is 16.7. The molecule has 4 heteroatoms. The van der Waals surface area contributed by atoms with Crippen molar-refractivity contribution >= 4 is 11.6 Å². The fourth-order valence-corrected chi connectivity index (χ4v) is 3.19. The molecule has 1 heterocycles. The summed E-state index contributed by atoms with van der Waals surface area (Å²) in [5.74, 6) is 0.766. The van der Waals surface area contributed by atoms with Crippen molar-refractivity contribution in [3.8, 4) is 0 Å². The molecule has 1 aromatic rings. The Balaban J connectivity index is 1.91. The van der Waals surface area contributed by atoms with E-state index < -0.39 is 0 Å². The van der Waals surface area contributed by atoms with Crippen molar-refractivity contribution in [2.24, 2.45) is 5.92 Å². The van der Waals surface area contributed by atoms with Crippen molar-refractivity contribution < 1.29 is 9.90 Å². The molecule has 1 unspecified atom stereocenters. The van der Waals surface area contributed by atoms with Gasteiger partial charge in [-0.2, -0.15) is 0 Å². The minimum atomic E-state index is 0.161. The standard InChI is InChI=1S/C19H30N2O2/c1-15-7-6-11-21(14-15)19(23)17-8-9-18(16(2)13-17)20-10-4-3-5-12-22/h8-9,13,15,20,22H,3-7,10-12,14H2,1-2H3. The fraction of sp³-hybridized carbons (Fsp3) is 0.632. The number of likely N-dealkylation sites (tertiary alicyclic amines) is 1. The Morgan fingerprint density at radius 1 is 1.35 bits per heavy atom. The third kappa shape index (κ3) is 5.24. The first-order valence-electron chi connectivity index (χ1n) is 8.86. The first kappa shape index (κ1) is 17.8. The van der Waals surface area contributed by atoms with Crippen LogP contribution in [0, 0.1) is 12.8 Å². The number of carbonyl (C=O) groups excluding carboxylic acids is 1. The van der Waals surface area contributed by atoms with Gasteiger partial charge in [0.15, 0.2) is 0 Å². The number of benzene rings is 1. The molecule has 1 atom stereocenters. The lowest BCUT2D eigenvalue weighted by Gasteiger charge is -2.31. The minimum absolute atomic E-state index is 0.161. The highest BCUT2D eigenvalue weighted by Gasteiger charge is 2.22.